The molecule has 0 radical (unpaired) electrons. The Morgan fingerprint density at radius 2 is 2.00 bits per heavy atom. The molecule has 0 fully saturated rings. The summed E-state index contributed by atoms with van der Waals surface area (Å²) >= 11 is 0. The summed E-state index contributed by atoms with van der Waals surface area (Å²) in [5.74, 6) is 0. The second-order valence-corrected chi connectivity index (χ2v) is 5.43. The summed E-state index contributed by atoms with van der Waals surface area (Å²) in [6.07, 6.45) is 0. The molecule has 2 aromatic rings. The molecule has 22 heavy (non-hydrogen) atoms. The number of aromatic nitrogens is 2. The van der Waals surface area contributed by atoms with Crippen LogP contribution in [0.1, 0.15) is 41.0 Å². The molecule has 1 heterocycles. The number of rotatable bonds is 6. The number of aliphatic hydroxyl groups is 1. The zero-order valence-corrected chi connectivity index (χ0v) is 13.3. The van der Waals surface area contributed by atoms with E-state index in [0.717, 1.165) is 23.5 Å². The first-order valence-corrected chi connectivity index (χ1v) is 7.44. The lowest BCUT2D eigenvalue weighted by molar-refractivity contribution is 0.267. The molecule has 5 heteroatoms. The normalized spacial score (nSPS) is 12.1. The summed E-state index contributed by atoms with van der Waals surface area (Å²) in [7, 11) is 0. The van der Waals surface area contributed by atoms with Gasteiger partial charge in [0.25, 0.3) is 0 Å². The minimum absolute atomic E-state index is 0.0937. The topological polar surface area (TPSA) is 73.9 Å². The summed E-state index contributed by atoms with van der Waals surface area (Å²) in [6, 6.07) is 9.94. The van der Waals surface area contributed by atoms with Crippen LogP contribution in [0.4, 0.5) is 0 Å². The highest BCUT2D eigenvalue weighted by molar-refractivity contribution is 5.33. The van der Waals surface area contributed by atoms with Crippen LogP contribution in [0.15, 0.2) is 24.3 Å². The van der Waals surface area contributed by atoms with Gasteiger partial charge < -0.3 is 10.4 Å². The standard InChI is InChI=1S/C17H22N4O/c1-12(16-6-4-15(10-18)5-7-16)19-11-17-13(2)20-21(8-9-22)14(17)3/h4-7,12,19,22H,8-9,11H2,1-3H3. The van der Waals surface area contributed by atoms with Crippen molar-refractivity contribution in [3.05, 3.63) is 52.3 Å². The molecule has 0 aliphatic rings. The molecule has 0 saturated carbocycles. The van der Waals surface area contributed by atoms with Crippen molar-refractivity contribution < 1.29 is 5.11 Å². The highest BCUT2D eigenvalue weighted by Gasteiger charge is 2.12. The van der Waals surface area contributed by atoms with Gasteiger partial charge in [-0.3, -0.25) is 4.68 Å². The molecular formula is C17H22N4O. The van der Waals surface area contributed by atoms with Gasteiger partial charge in [-0.15, -0.1) is 0 Å². The maximum Gasteiger partial charge on any atom is 0.0991 e. The van der Waals surface area contributed by atoms with Gasteiger partial charge in [0.1, 0.15) is 0 Å². The average Bonchev–Trinajstić information content (AvgIpc) is 2.79. The Morgan fingerprint density at radius 3 is 2.59 bits per heavy atom. The Kier molecular flexibility index (Phi) is 5.31. The average molecular weight is 298 g/mol. The number of nitriles is 1. The highest BCUT2D eigenvalue weighted by atomic mass is 16.3. The first-order valence-electron chi connectivity index (χ1n) is 7.44. The number of benzene rings is 1. The fraction of sp³-hybridized carbons (Fsp3) is 0.412. The number of aryl methyl sites for hydroxylation is 1. The van der Waals surface area contributed by atoms with E-state index in [9.17, 15) is 0 Å². The summed E-state index contributed by atoms with van der Waals surface area (Å²) in [4.78, 5) is 0. The van der Waals surface area contributed by atoms with Crippen molar-refractivity contribution >= 4 is 0 Å². The van der Waals surface area contributed by atoms with Crippen LogP contribution >= 0.6 is 0 Å². The SMILES string of the molecule is Cc1nn(CCO)c(C)c1CNC(C)c1ccc(C#N)cc1. The Hall–Kier alpha value is -2.16. The van der Waals surface area contributed by atoms with Gasteiger partial charge in [-0.1, -0.05) is 12.1 Å². The maximum absolute atomic E-state index is 9.05. The number of nitrogens with zero attached hydrogens (tertiary/aromatic N) is 3. The number of nitrogens with one attached hydrogen (secondary N) is 1. The predicted octanol–water partition coefficient (Wildman–Crippen LogP) is 2.21. The van der Waals surface area contributed by atoms with Gasteiger partial charge in [-0.2, -0.15) is 10.4 Å². The Bertz CT molecular complexity index is 667. The highest BCUT2D eigenvalue weighted by Crippen LogP contribution is 2.17. The van der Waals surface area contributed by atoms with E-state index in [0.29, 0.717) is 12.1 Å². The van der Waals surface area contributed by atoms with Gasteiger partial charge in [0.05, 0.1) is 30.5 Å². The van der Waals surface area contributed by atoms with Gasteiger partial charge in [0, 0.05) is 23.8 Å². The number of aliphatic hydroxyl groups excluding tert-OH is 1. The lowest BCUT2D eigenvalue weighted by Crippen LogP contribution is -2.19. The van der Waals surface area contributed by atoms with E-state index in [2.05, 4.69) is 23.4 Å². The summed E-state index contributed by atoms with van der Waals surface area (Å²) in [6.45, 7) is 7.46. The van der Waals surface area contributed by atoms with Crippen molar-refractivity contribution in [2.24, 2.45) is 0 Å². The molecule has 1 aromatic carbocycles. The van der Waals surface area contributed by atoms with Crippen molar-refractivity contribution in [1.29, 1.82) is 5.26 Å². The van der Waals surface area contributed by atoms with E-state index in [-0.39, 0.29) is 12.6 Å². The van der Waals surface area contributed by atoms with Gasteiger partial charge in [-0.05, 0) is 38.5 Å². The largest absolute Gasteiger partial charge is 0.394 e. The molecular weight excluding hydrogens is 276 g/mol. The van der Waals surface area contributed by atoms with Gasteiger partial charge in [0.15, 0.2) is 0 Å². The fourth-order valence-electron chi connectivity index (χ4n) is 2.52. The third kappa shape index (κ3) is 3.53. The van der Waals surface area contributed by atoms with Crippen molar-refractivity contribution in [2.45, 2.75) is 39.9 Å². The minimum Gasteiger partial charge on any atom is -0.394 e. The van der Waals surface area contributed by atoms with E-state index in [1.807, 2.05) is 42.8 Å². The summed E-state index contributed by atoms with van der Waals surface area (Å²) < 4.78 is 1.85. The van der Waals surface area contributed by atoms with Gasteiger partial charge in [-0.25, -0.2) is 0 Å². The summed E-state index contributed by atoms with van der Waals surface area (Å²) in [5, 5.41) is 25.8. The van der Waals surface area contributed by atoms with Crippen molar-refractivity contribution in [3.63, 3.8) is 0 Å². The van der Waals surface area contributed by atoms with Crippen molar-refractivity contribution in [1.82, 2.24) is 15.1 Å². The molecule has 0 amide bonds. The molecule has 116 valence electrons. The van der Waals surface area contributed by atoms with Crippen LogP contribution in [0.3, 0.4) is 0 Å². The third-order valence-electron chi connectivity index (χ3n) is 3.97. The van der Waals surface area contributed by atoms with Crippen LogP contribution in [0, 0.1) is 25.2 Å². The van der Waals surface area contributed by atoms with E-state index in [1.54, 1.807) is 0 Å². The van der Waals surface area contributed by atoms with Crippen molar-refractivity contribution in [3.8, 4) is 6.07 Å². The maximum atomic E-state index is 9.05. The fourth-order valence-corrected chi connectivity index (χ4v) is 2.52. The lowest BCUT2D eigenvalue weighted by atomic mass is 10.1. The quantitative estimate of drug-likeness (QED) is 0.857. The molecule has 0 bridgehead atoms. The predicted molar refractivity (Wildman–Crippen MR) is 85.2 cm³/mol. The molecule has 2 rings (SSSR count). The first-order chi connectivity index (χ1) is 10.6. The lowest BCUT2D eigenvalue weighted by Gasteiger charge is -2.14. The summed E-state index contributed by atoms with van der Waals surface area (Å²) in [5.41, 5.74) is 5.08. The number of hydrogen-bond acceptors (Lipinski definition) is 4. The Balaban J connectivity index is 2.04. The molecule has 0 aliphatic carbocycles. The van der Waals surface area contributed by atoms with Crippen LogP contribution in [-0.4, -0.2) is 21.5 Å². The zero-order valence-electron chi connectivity index (χ0n) is 13.3. The monoisotopic (exact) mass is 298 g/mol. The van der Waals surface area contributed by atoms with E-state index >= 15 is 0 Å². The molecule has 1 atom stereocenters. The molecule has 0 saturated heterocycles. The minimum atomic E-state index is 0.0937. The molecule has 0 aliphatic heterocycles. The van der Waals surface area contributed by atoms with E-state index in [4.69, 9.17) is 10.4 Å². The Labute approximate surface area is 131 Å². The molecule has 2 N–H and O–H groups in total. The second-order valence-electron chi connectivity index (χ2n) is 5.43. The second kappa shape index (κ2) is 7.21. The molecule has 1 unspecified atom stereocenters. The Morgan fingerprint density at radius 1 is 1.32 bits per heavy atom. The first kappa shape index (κ1) is 16.2. The molecule has 1 aromatic heterocycles. The van der Waals surface area contributed by atoms with Crippen molar-refractivity contribution in [2.75, 3.05) is 6.61 Å². The molecule has 5 nitrogen and oxygen atoms in total. The van der Waals surface area contributed by atoms with E-state index in [1.165, 1.54) is 5.56 Å². The smallest absolute Gasteiger partial charge is 0.0991 e. The number of hydrogen-bond donors (Lipinski definition) is 2. The van der Waals surface area contributed by atoms with E-state index < -0.39 is 0 Å². The van der Waals surface area contributed by atoms with Crippen LogP contribution < -0.4 is 5.32 Å². The van der Waals surface area contributed by atoms with Crippen LogP contribution in [0.5, 0.6) is 0 Å². The van der Waals surface area contributed by atoms with Gasteiger partial charge in [0.2, 0.25) is 0 Å². The zero-order chi connectivity index (χ0) is 16.1. The molecule has 0 spiro atoms. The van der Waals surface area contributed by atoms with Crippen LogP contribution in [-0.2, 0) is 13.1 Å². The third-order valence-corrected chi connectivity index (χ3v) is 3.97. The van der Waals surface area contributed by atoms with Crippen LogP contribution in [0.2, 0.25) is 0 Å². The van der Waals surface area contributed by atoms with Gasteiger partial charge >= 0.3 is 0 Å². The van der Waals surface area contributed by atoms with Crippen LogP contribution in [0.25, 0.3) is 0 Å².